The van der Waals surface area contributed by atoms with Gasteiger partial charge in [-0.3, -0.25) is 4.99 Å². The third-order valence-corrected chi connectivity index (χ3v) is 6.83. The summed E-state index contributed by atoms with van der Waals surface area (Å²) < 4.78 is 44.4. The van der Waals surface area contributed by atoms with Gasteiger partial charge in [0.15, 0.2) is 0 Å². The first-order valence-corrected chi connectivity index (χ1v) is 16.5. The van der Waals surface area contributed by atoms with Gasteiger partial charge in [-0.05, 0) is 79.5 Å². The van der Waals surface area contributed by atoms with E-state index in [4.69, 9.17) is 37.9 Å². The largest absolute Gasteiger partial charge is 0.491 e. The van der Waals surface area contributed by atoms with Gasteiger partial charge in [-0.15, -0.1) is 0 Å². The summed E-state index contributed by atoms with van der Waals surface area (Å²) in [6, 6.07) is 0. The van der Waals surface area contributed by atoms with Gasteiger partial charge in [0.25, 0.3) is 0 Å². The van der Waals surface area contributed by atoms with Crippen LogP contribution in [0.5, 0.6) is 0 Å². The van der Waals surface area contributed by atoms with Gasteiger partial charge in [-0.25, -0.2) is 9.59 Å². The second-order valence-electron chi connectivity index (χ2n) is 13.8. The zero-order valence-electron chi connectivity index (χ0n) is 29.8. The summed E-state index contributed by atoms with van der Waals surface area (Å²) in [6.45, 7) is 19.7. The maximum absolute atomic E-state index is 12.5. The molecule has 0 aromatic rings. The van der Waals surface area contributed by atoms with Crippen LogP contribution in [0.15, 0.2) is 40.6 Å². The number of dihydropyridines is 1. The fourth-order valence-electron chi connectivity index (χ4n) is 4.63. The first kappa shape index (κ1) is 40.4. The van der Waals surface area contributed by atoms with E-state index in [9.17, 15) is 9.59 Å². The van der Waals surface area contributed by atoms with Crippen molar-refractivity contribution in [2.75, 3.05) is 79.2 Å². The smallest absolute Gasteiger partial charge is 0.408 e. The molecule has 1 N–H and O–H groups in total. The van der Waals surface area contributed by atoms with Crippen molar-refractivity contribution >= 4 is 18.3 Å². The molecule has 12 heteroatoms. The molecule has 1 heterocycles. The second kappa shape index (κ2) is 20.6. The van der Waals surface area contributed by atoms with Crippen LogP contribution in [-0.4, -0.2) is 114 Å². The van der Waals surface area contributed by atoms with Crippen LogP contribution in [0.3, 0.4) is 0 Å². The number of amides is 1. The van der Waals surface area contributed by atoms with Gasteiger partial charge in [-0.2, -0.15) is 0 Å². The van der Waals surface area contributed by atoms with Crippen LogP contribution in [0, 0.1) is 11.8 Å². The van der Waals surface area contributed by atoms with Gasteiger partial charge in [0.2, 0.25) is 0 Å². The van der Waals surface area contributed by atoms with Gasteiger partial charge in [-0.1, -0.05) is 12.2 Å². The number of rotatable bonds is 21. The number of aliphatic imine (C=N–C) groups is 1. The van der Waals surface area contributed by atoms with E-state index in [1.54, 1.807) is 0 Å². The maximum atomic E-state index is 12.5. The maximum Gasteiger partial charge on any atom is 0.408 e. The van der Waals surface area contributed by atoms with Gasteiger partial charge in [0.1, 0.15) is 30.2 Å². The first-order chi connectivity index (χ1) is 22.2. The lowest BCUT2D eigenvalue weighted by Crippen LogP contribution is -2.50. The standard InChI is InChI=1S/C35H58N2O10/c1-33(2,3)46-31(38)26-44-21-20-42-17-16-40-14-15-41-18-19-43-22-23-45-30-24-28(11-12-29(30)27-10-9-13-36-25-27)35(7,8)37-32(39)47-34(4,5)6/h9-10,12-13,24,27-28H,11,14-23,25-26H2,1-8H3,(H,37,39). The number of allylic oxidation sites excluding steroid dienone is 3. The summed E-state index contributed by atoms with van der Waals surface area (Å²) in [5, 5.41) is 3.03. The molecule has 12 nitrogen and oxygen atoms in total. The summed E-state index contributed by atoms with van der Waals surface area (Å²) in [7, 11) is 0. The molecule has 0 saturated carbocycles. The molecule has 2 unspecified atom stereocenters. The van der Waals surface area contributed by atoms with Gasteiger partial charge < -0.3 is 43.2 Å². The number of hydrogen-bond donors (Lipinski definition) is 1. The molecule has 2 rings (SSSR count). The van der Waals surface area contributed by atoms with Crippen LogP contribution in [0.25, 0.3) is 0 Å². The SMILES string of the molecule is CC(C)(C)OC(=O)COCCOCCOCCOCCOCCOC1=CC(C(C)(C)NC(=O)OC(C)(C)C)CC=C1C1C=CC=NC1. The van der Waals surface area contributed by atoms with Crippen LogP contribution < -0.4 is 5.32 Å². The molecule has 0 fully saturated rings. The second-order valence-corrected chi connectivity index (χ2v) is 13.8. The molecule has 0 aromatic carbocycles. The van der Waals surface area contributed by atoms with Crippen molar-refractivity contribution in [2.45, 2.75) is 78.6 Å². The average molecular weight is 667 g/mol. The van der Waals surface area contributed by atoms with Crippen LogP contribution in [-0.2, 0) is 42.7 Å². The van der Waals surface area contributed by atoms with E-state index < -0.39 is 28.8 Å². The van der Waals surface area contributed by atoms with E-state index in [2.05, 4.69) is 28.5 Å². The molecule has 2 atom stereocenters. The number of alkyl carbamates (subject to hydrolysis) is 1. The fourth-order valence-corrected chi connectivity index (χ4v) is 4.63. The molecule has 0 aromatic heterocycles. The van der Waals surface area contributed by atoms with Crippen molar-refractivity contribution in [1.29, 1.82) is 0 Å². The van der Waals surface area contributed by atoms with E-state index in [0.29, 0.717) is 72.6 Å². The Kier molecular flexibility index (Phi) is 17.7. The topological polar surface area (TPSA) is 132 Å². The van der Waals surface area contributed by atoms with Crippen LogP contribution in [0.1, 0.15) is 61.8 Å². The molecule has 0 bridgehead atoms. The zero-order chi connectivity index (χ0) is 34.8. The van der Waals surface area contributed by atoms with E-state index in [-0.39, 0.29) is 18.4 Å². The molecular formula is C35H58N2O10. The van der Waals surface area contributed by atoms with Crippen molar-refractivity contribution in [3.05, 3.63) is 35.6 Å². The Morgan fingerprint density at radius 3 is 1.81 bits per heavy atom. The highest BCUT2D eigenvalue weighted by Crippen LogP contribution is 2.35. The minimum Gasteiger partial charge on any atom is -0.491 e. The van der Waals surface area contributed by atoms with Gasteiger partial charge >= 0.3 is 12.1 Å². The predicted octanol–water partition coefficient (Wildman–Crippen LogP) is 4.82. The van der Waals surface area contributed by atoms with Crippen molar-refractivity contribution in [2.24, 2.45) is 16.8 Å². The molecule has 268 valence electrons. The summed E-state index contributed by atoms with van der Waals surface area (Å²) in [5.74, 6) is 0.553. The number of nitrogens with one attached hydrogen (secondary N) is 1. The van der Waals surface area contributed by atoms with Crippen LogP contribution >= 0.6 is 0 Å². The Hall–Kier alpha value is -2.77. The molecule has 1 amide bonds. The van der Waals surface area contributed by atoms with Crippen molar-refractivity contribution < 1.29 is 47.5 Å². The molecular weight excluding hydrogens is 608 g/mol. The molecule has 2 aliphatic rings. The van der Waals surface area contributed by atoms with Gasteiger partial charge in [0.05, 0.1) is 59.5 Å². The van der Waals surface area contributed by atoms with Crippen LogP contribution in [0.4, 0.5) is 4.79 Å². The van der Waals surface area contributed by atoms with Crippen molar-refractivity contribution in [3.63, 3.8) is 0 Å². The van der Waals surface area contributed by atoms with E-state index >= 15 is 0 Å². The quantitative estimate of drug-likeness (QED) is 0.134. The number of carbonyl (C=O) groups is 2. The molecule has 0 radical (unpaired) electrons. The number of hydrogen-bond acceptors (Lipinski definition) is 11. The Bertz CT molecular complexity index is 1070. The highest BCUT2D eigenvalue weighted by molar-refractivity contribution is 5.72. The van der Waals surface area contributed by atoms with Crippen molar-refractivity contribution in [1.82, 2.24) is 5.32 Å². The van der Waals surface area contributed by atoms with E-state index in [0.717, 1.165) is 17.8 Å². The third-order valence-electron chi connectivity index (χ3n) is 6.83. The lowest BCUT2D eigenvalue weighted by Gasteiger charge is -2.37. The Labute approximate surface area is 281 Å². The zero-order valence-corrected chi connectivity index (χ0v) is 29.8. The molecule has 1 aliphatic carbocycles. The summed E-state index contributed by atoms with van der Waals surface area (Å²) in [5.41, 5.74) is -0.546. The molecule has 0 saturated heterocycles. The Balaban J connectivity index is 1.59. The molecule has 1 aliphatic heterocycles. The molecule has 0 spiro atoms. The molecule has 47 heavy (non-hydrogen) atoms. The normalized spacial score (nSPS) is 18.4. The predicted molar refractivity (Wildman–Crippen MR) is 180 cm³/mol. The number of carbonyl (C=O) groups excluding carboxylic acids is 2. The first-order valence-electron chi connectivity index (χ1n) is 16.5. The van der Waals surface area contributed by atoms with E-state index in [1.165, 1.54) is 0 Å². The minimum atomic E-state index is -0.573. The Morgan fingerprint density at radius 1 is 0.766 bits per heavy atom. The summed E-state index contributed by atoms with van der Waals surface area (Å²) in [4.78, 5) is 28.5. The summed E-state index contributed by atoms with van der Waals surface area (Å²) >= 11 is 0. The summed E-state index contributed by atoms with van der Waals surface area (Å²) in [6.07, 6.45) is 10.5. The number of ether oxygens (including phenoxy) is 8. The number of nitrogens with zero attached hydrogens (tertiary/aromatic N) is 1. The average Bonchev–Trinajstić information content (AvgIpc) is 2.97. The van der Waals surface area contributed by atoms with Crippen molar-refractivity contribution in [3.8, 4) is 0 Å². The monoisotopic (exact) mass is 666 g/mol. The van der Waals surface area contributed by atoms with E-state index in [1.807, 2.05) is 67.7 Å². The third kappa shape index (κ3) is 18.4. The fraction of sp³-hybridized carbons (Fsp3) is 0.743. The van der Waals surface area contributed by atoms with Crippen LogP contribution in [0.2, 0.25) is 0 Å². The highest BCUT2D eigenvalue weighted by atomic mass is 16.6. The number of esters is 1. The lowest BCUT2D eigenvalue weighted by molar-refractivity contribution is -0.160. The van der Waals surface area contributed by atoms with Gasteiger partial charge in [0, 0.05) is 30.1 Å². The lowest BCUT2D eigenvalue weighted by atomic mass is 9.78. The minimum absolute atomic E-state index is 0.0118. The Morgan fingerprint density at radius 2 is 1.30 bits per heavy atom. The highest BCUT2D eigenvalue weighted by Gasteiger charge is 2.34.